The second kappa shape index (κ2) is 7.68. The van der Waals surface area contributed by atoms with Crippen molar-refractivity contribution >= 4 is 23.3 Å². The van der Waals surface area contributed by atoms with Crippen LogP contribution in [0.15, 0.2) is 48.5 Å². The second-order valence-electron chi connectivity index (χ2n) is 7.59. The molecule has 0 fully saturated rings. The van der Waals surface area contributed by atoms with E-state index >= 15 is 0 Å². The largest absolute Gasteiger partial charge is 0.284 e. The Balaban J connectivity index is 1.92. The van der Waals surface area contributed by atoms with E-state index < -0.39 is 0 Å². The van der Waals surface area contributed by atoms with E-state index in [0.29, 0.717) is 17.2 Å². The monoisotopic (exact) mass is 401 g/mol. The molecule has 3 aromatic rings. The maximum absolute atomic E-state index is 13.0. The fourth-order valence-corrected chi connectivity index (χ4v) is 3.51. The molecule has 1 aromatic heterocycles. The number of nitrogens with zero attached hydrogens (tertiary/aromatic N) is 4. The molecule has 1 aliphatic rings. The van der Waals surface area contributed by atoms with Gasteiger partial charge in [0.05, 0.1) is 12.1 Å². The smallest absolute Gasteiger partial charge is 0.284 e. The van der Waals surface area contributed by atoms with E-state index in [2.05, 4.69) is 10.4 Å². The average molecular weight is 401 g/mol. The molecular weight excluding hydrogens is 378 g/mol. The predicted octanol–water partition coefficient (Wildman–Crippen LogP) is 3.19. The molecule has 1 N–H and O–H groups in total. The van der Waals surface area contributed by atoms with Crippen LogP contribution in [0.5, 0.6) is 0 Å². The van der Waals surface area contributed by atoms with Gasteiger partial charge in [0, 0.05) is 25.2 Å². The second-order valence-corrected chi connectivity index (χ2v) is 7.59. The minimum absolute atomic E-state index is 0.0774. The zero-order valence-electron chi connectivity index (χ0n) is 17.4. The predicted molar refractivity (Wildman–Crippen MR) is 115 cm³/mol. The van der Waals surface area contributed by atoms with Crippen LogP contribution < -0.4 is 10.3 Å². The minimum atomic E-state index is -0.369. The van der Waals surface area contributed by atoms with Crippen LogP contribution >= 0.6 is 0 Å². The third-order valence-electron chi connectivity index (χ3n) is 4.98. The molecular formula is C23H23N5O2. The Hall–Kier alpha value is -3.58. The molecule has 0 saturated heterocycles. The number of hydrogen-bond donors (Lipinski definition) is 1. The topological polar surface area (TPSA) is 78.4 Å². The zero-order chi connectivity index (χ0) is 21.4. The summed E-state index contributed by atoms with van der Waals surface area (Å²) in [4.78, 5) is 36.8. The van der Waals surface area contributed by atoms with E-state index in [0.717, 1.165) is 22.4 Å². The van der Waals surface area contributed by atoms with Crippen LogP contribution in [0.4, 0.5) is 11.5 Å². The molecule has 2 amide bonds. The lowest BCUT2D eigenvalue weighted by Gasteiger charge is -2.20. The molecule has 152 valence electrons. The molecule has 1 aliphatic heterocycles. The van der Waals surface area contributed by atoms with Crippen molar-refractivity contribution in [2.75, 3.05) is 19.0 Å². The van der Waals surface area contributed by atoms with Gasteiger partial charge in [-0.1, -0.05) is 48.0 Å². The van der Waals surface area contributed by atoms with Gasteiger partial charge in [0.25, 0.3) is 5.91 Å². The third-order valence-corrected chi connectivity index (χ3v) is 4.98. The van der Waals surface area contributed by atoms with Crippen LogP contribution in [0.3, 0.4) is 0 Å². The lowest BCUT2D eigenvalue weighted by Crippen LogP contribution is -2.37. The summed E-state index contributed by atoms with van der Waals surface area (Å²) in [7, 11) is 3.45. The van der Waals surface area contributed by atoms with E-state index in [-0.39, 0.29) is 23.9 Å². The summed E-state index contributed by atoms with van der Waals surface area (Å²) in [6.45, 7) is 3.95. The van der Waals surface area contributed by atoms with Crippen LogP contribution in [0.1, 0.15) is 27.2 Å². The number of aromatic nitrogens is 2. The minimum Gasteiger partial charge on any atom is -0.284 e. The third kappa shape index (κ3) is 3.55. The SMILES string of the molecule is Cc1ccc(-c2nc(C(=O)NN(C)C)c3c(n2)N(c2ccccc2C)C(=O)C3)cc1. The average Bonchev–Trinajstić information content (AvgIpc) is 3.03. The Morgan fingerprint density at radius 3 is 2.40 bits per heavy atom. The number of carbonyl (C=O) groups excluding carboxylic acids is 2. The number of benzene rings is 2. The van der Waals surface area contributed by atoms with Crippen LogP contribution in [-0.2, 0) is 11.2 Å². The number of rotatable bonds is 4. The number of amides is 2. The highest BCUT2D eigenvalue weighted by atomic mass is 16.2. The number of para-hydroxylation sites is 1. The lowest BCUT2D eigenvalue weighted by molar-refractivity contribution is -0.116. The Morgan fingerprint density at radius 2 is 1.73 bits per heavy atom. The van der Waals surface area contributed by atoms with E-state index in [1.807, 2.05) is 62.4 Å². The van der Waals surface area contributed by atoms with Gasteiger partial charge in [-0.2, -0.15) is 0 Å². The van der Waals surface area contributed by atoms with Crippen LogP contribution in [0.2, 0.25) is 0 Å². The standard InChI is InChI=1S/C23H23N5O2/c1-14-9-11-16(12-10-14)21-24-20(23(30)26-27(3)4)17-13-19(29)28(22(17)25-21)18-8-6-5-7-15(18)2/h5-12H,13H2,1-4H3,(H,26,30). The summed E-state index contributed by atoms with van der Waals surface area (Å²) in [6, 6.07) is 15.4. The molecule has 0 aliphatic carbocycles. The lowest BCUT2D eigenvalue weighted by atomic mass is 10.1. The highest BCUT2D eigenvalue weighted by Gasteiger charge is 2.36. The van der Waals surface area contributed by atoms with Crippen LogP contribution in [0.25, 0.3) is 11.4 Å². The maximum Gasteiger partial charge on any atom is 0.284 e. The van der Waals surface area contributed by atoms with Gasteiger partial charge < -0.3 is 0 Å². The molecule has 7 nitrogen and oxygen atoms in total. The number of aryl methyl sites for hydroxylation is 2. The summed E-state index contributed by atoms with van der Waals surface area (Å²) in [5.41, 5.74) is 7.10. The van der Waals surface area contributed by atoms with Crippen molar-refractivity contribution in [2.45, 2.75) is 20.3 Å². The summed E-state index contributed by atoms with van der Waals surface area (Å²) in [6.07, 6.45) is 0.0774. The van der Waals surface area contributed by atoms with Gasteiger partial charge in [0.15, 0.2) is 5.82 Å². The summed E-state index contributed by atoms with van der Waals surface area (Å²) < 4.78 is 0. The Bertz CT molecular complexity index is 1140. The molecule has 4 rings (SSSR count). The maximum atomic E-state index is 13.0. The first-order valence-electron chi connectivity index (χ1n) is 9.70. The van der Waals surface area contributed by atoms with Crippen LogP contribution in [0, 0.1) is 13.8 Å². The van der Waals surface area contributed by atoms with E-state index in [4.69, 9.17) is 4.98 Å². The molecule has 30 heavy (non-hydrogen) atoms. The quantitative estimate of drug-likeness (QED) is 0.680. The first-order chi connectivity index (χ1) is 14.3. The first kappa shape index (κ1) is 19.7. The van der Waals surface area contributed by atoms with Crippen molar-refractivity contribution in [3.05, 3.63) is 70.9 Å². The normalized spacial score (nSPS) is 13.0. The molecule has 0 atom stereocenters. The Kier molecular flexibility index (Phi) is 5.05. The first-order valence-corrected chi connectivity index (χ1v) is 9.70. The van der Waals surface area contributed by atoms with Crippen molar-refractivity contribution in [1.29, 1.82) is 0 Å². The van der Waals surface area contributed by atoms with Gasteiger partial charge in [-0.05, 0) is 25.5 Å². The van der Waals surface area contributed by atoms with Gasteiger partial charge >= 0.3 is 0 Å². The van der Waals surface area contributed by atoms with Crippen molar-refractivity contribution in [3.8, 4) is 11.4 Å². The van der Waals surface area contributed by atoms with E-state index in [1.54, 1.807) is 24.0 Å². The van der Waals surface area contributed by atoms with Crippen molar-refractivity contribution in [2.24, 2.45) is 0 Å². The summed E-state index contributed by atoms with van der Waals surface area (Å²) >= 11 is 0. The van der Waals surface area contributed by atoms with Crippen molar-refractivity contribution in [3.63, 3.8) is 0 Å². The molecule has 0 saturated carbocycles. The molecule has 0 spiro atoms. The van der Waals surface area contributed by atoms with E-state index in [9.17, 15) is 9.59 Å². The van der Waals surface area contributed by atoms with Gasteiger partial charge in [0.1, 0.15) is 11.5 Å². The number of hydrogen-bond acceptors (Lipinski definition) is 5. The van der Waals surface area contributed by atoms with Gasteiger partial charge in [-0.25, -0.2) is 15.0 Å². The number of anilines is 2. The van der Waals surface area contributed by atoms with Crippen molar-refractivity contribution < 1.29 is 9.59 Å². The van der Waals surface area contributed by atoms with Gasteiger partial charge in [0.2, 0.25) is 5.91 Å². The molecule has 2 aromatic carbocycles. The summed E-state index contributed by atoms with van der Waals surface area (Å²) in [5, 5.41) is 1.55. The number of fused-ring (bicyclic) bond motifs is 1. The molecule has 0 radical (unpaired) electrons. The number of carbonyl (C=O) groups is 2. The highest BCUT2D eigenvalue weighted by molar-refractivity contribution is 6.10. The molecule has 0 bridgehead atoms. The van der Waals surface area contributed by atoms with Crippen LogP contribution in [-0.4, -0.2) is 40.9 Å². The highest BCUT2D eigenvalue weighted by Crippen LogP contribution is 2.38. The number of hydrazine groups is 1. The van der Waals surface area contributed by atoms with Gasteiger partial charge in [-0.15, -0.1) is 0 Å². The summed E-state index contributed by atoms with van der Waals surface area (Å²) in [5.74, 6) is 0.370. The fraction of sp³-hybridized carbons (Fsp3) is 0.217. The molecule has 7 heteroatoms. The van der Waals surface area contributed by atoms with Crippen molar-refractivity contribution in [1.82, 2.24) is 20.4 Å². The Morgan fingerprint density at radius 1 is 1.03 bits per heavy atom. The molecule has 0 unspecified atom stereocenters. The van der Waals surface area contributed by atoms with Gasteiger partial charge in [-0.3, -0.25) is 19.9 Å². The number of nitrogens with one attached hydrogen (secondary N) is 1. The molecule has 2 heterocycles. The fourth-order valence-electron chi connectivity index (χ4n) is 3.51. The Labute approximate surface area is 175 Å². The zero-order valence-corrected chi connectivity index (χ0v) is 17.4. The van der Waals surface area contributed by atoms with E-state index in [1.165, 1.54) is 0 Å².